The van der Waals surface area contributed by atoms with Crippen molar-refractivity contribution >= 4 is 5.69 Å². The summed E-state index contributed by atoms with van der Waals surface area (Å²) < 4.78 is 45.5. The van der Waals surface area contributed by atoms with Crippen LogP contribution >= 0.6 is 0 Å². The van der Waals surface area contributed by atoms with Gasteiger partial charge in [0.1, 0.15) is 17.2 Å². The Morgan fingerprint density at radius 3 is 2.15 bits per heavy atom. The Labute approximate surface area is 113 Å². The van der Waals surface area contributed by atoms with Crippen molar-refractivity contribution in [2.75, 3.05) is 0 Å². The van der Waals surface area contributed by atoms with E-state index in [2.05, 4.69) is 9.58 Å². The monoisotopic (exact) mass is 279 g/mol. The quantitative estimate of drug-likeness (QED) is 0.743. The molecule has 0 saturated heterocycles. The van der Waals surface area contributed by atoms with Crippen LogP contribution in [-0.4, -0.2) is 6.36 Å². The SMILES string of the molecule is [C-]#[N+]c1ccc(Oc2cccc(OC(F)(F)F)c2)cc1. The minimum atomic E-state index is -4.74. The summed E-state index contributed by atoms with van der Waals surface area (Å²) in [5, 5.41) is 0. The standard InChI is InChI=1S/C14H8F3NO2/c1-18-10-5-7-11(8-6-10)19-12-3-2-4-13(9-12)20-14(15,16)17/h2-9H. The molecule has 0 fully saturated rings. The second-order valence-electron chi connectivity index (χ2n) is 3.73. The van der Waals surface area contributed by atoms with Gasteiger partial charge in [-0.1, -0.05) is 18.2 Å². The lowest BCUT2D eigenvalue weighted by molar-refractivity contribution is -0.274. The zero-order valence-electron chi connectivity index (χ0n) is 10.0. The Morgan fingerprint density at radius 2 is 1.55 bits per heavy atom. The van der Waals surface area contributed by atoms with Crippen LogP contribution in [0.2, 0.25) is 0 Å². The Bertz CT molecular complexity index is 630. The second-order valence-corrected chi connectivity index (χ2v) is 3.73. The molecular formula is C14H8F3NO2. The molecule has 2 aromatic rings. The van der Waals surface area contributed by atoms with Gasteiger partial charge in [-0.25, -0.2) is 4.85 Å². The molecule has 2 rings (SSSR count). The normalized spacial score (nSPS) is 10.7. The number of rotatable bonds is 3. The van der Waals surface area contributed by atoms with Crippen molar-refractivity contribution < 1.29 is 22.6 Å². The average Bonchev–Trinajstić information content (AvgIpc) is 2.38. The summed E-state index contributed by atoms with van der Waals surface area (Å²) in [5.74, 6) is 0.275. The first-order chi connectivity index (χ1) is 9.46. The topological polar surface area (TPSA) is 22.8 Å². The lowest BCUT2D eigenvalue weighted by atomic mass is 10.3. The third-order valence-corrected chi connectivity index (χ3v) is 2.24. The van der Waals surface area contributed by atoms with E-state index in [0.717, 1.165) is 6.07 Å². The van der Waals surface area contributed by atoms with E-state index in [4.69, 9.17) is 11.3 Å². The van der Waals surface area contributed by atoms with Crippen molar-refractivity contribution in [3.05, 3.63) is 59.9 Å². The van der Waals surface area contributed by atoms with Gasteiger partial charge >= 0.3 is 6.36 Å². The summed E-state index contributed by atoms with van der Waals surface area (Å²) >= 11 is 0. The van der Waals surface area contributed by atoms with Crippen molar-refractivity contribution in [3.63, 3.8) is 0 Å². The van der Waals surface area contributed by atoms with E-state index in [-0.39, 0.29) is 11.5 Å². The molecular weight excluding hydrogens is 271 g/mol. The van der Waals surface area contributed by atoms with E-state index in [1.807, 2.05) is 0 Å². The molecule has 102 valence electrons. The Morgan fingerprint density at radius 1 is 0.900 bits per heavy atom. The first kappa shape index (κ1) is 13.7. The predicted octanol–water partition coefficient (Wildman–Crippen LogP) is 4.93. The van der Waals surface area contributed by atoms with Gasteiger partial charge < -0.3 is 9.47 Å². The zero-order chi connectivity index (χ0) is 14.6. The largest absolute Gasteiger partial charge is 0.573 e. The summed E-state index contributed by atoms with van der Waals surface area (Å²) in [5.41, 5.74) is 0.450. The number of halogens is 3. The number of alkyl halides is 3. The smallest absolute Gasteiger partial charge is 0.457 e. The summed E-state index contributed by atoms with van der Waals surface area (Å²) in [6.07, 6.45) is -4.74. The highest BCUT2D eigenvalue weighted by molar-refractivity contribution is 5.48. The highest BCUT2D eigenvalue weighted by Crippen LogP contribution is 2.29. The maximum atomic E-state index is 12.1. The molecule has 0 bridgehead atoms. The van der Waals surface area contributed by atoms with Crippen LogP contribution in [0.5, 0.6) is 17.2 Å². The number of ether oxygens (including phenoxy) is 2. The van der Waals surface area contributed by atoms with E-state index in [1.54, 1.807) is 24.3 Å². The molecule has 0 unspecified atom stereocenters. The zero-order valence-corrected chi connectivity index (χ0v) is 10.0. The van der Waals surface area contributed by atoms with Crippen LogP contribution < -0.4 is 9.47 Å². The van der Waals surface area contributed by atoms with Crippen LogP contribution in [0.4, 0.5) is 18.9 Å². The van der Waals surface area contributed by atoms with Crippen molar-refractivity contribution in [3.8, 4) is 17.2 Å². The minimum absolute atomic E-state index is 0.210. The van der Waals surface area contributed by atoms with Gasteiger partial charge in [0, 0.05) is 6.07 Å². The van der Waals surface area contributed by atoms with Crippen LogP contribution in [-0.2, 0) is 0 Å². The Hall–Kier alpha value is -2.68. The van der Waals surface area contributed by atoms with Crippen LogP contribution in [0.1, 0.15) is 0 Å². The summed E-state index contributed by atoms with van der Waals surface area (Å²) in [4.78, 5) is 3.22. The molecule has 20 heavy (non-hydrogen) atoms. The molecule has 0 atom stereocenters. The van der Waals surface area contributed by atoms with Gasteiger partial charge in [-0.3, -0.25) is 0 Å². The highest BCUT2D eigenvalue weighted by atomic mass is 19.4. The molecule has 0 saturated carbocycles. The lowest BCUT2D eigenvalue weighted by Crippen LogP contribution is -2.16. The fourth-order valence-electron chi connectivity index (χ4n) is 1.46. The van der Waals surface area contributed by atoms with Gasteiger partial charge in [-0.15, -0.1) is 13.2 Å². The summed E-state index contributed by atoms with van der Waals surface area (Å²) in [7, 11) is 0. The fourth-order valence-corrected chi connectivity index (χ4v) is 1.46. The van der Waals surface area contributed by atoms with Crippen LogP contribution in [0.25, 0.3) is 4.85 Å². The fraction of sp³-hybridized carbons (Fsp3) is 0.0714. The maximum Gasteiger partial charge on any atom is 0.573 e. The van der Waals surface area contributed by atoms with E-state index < -0.39 is 6.36 Å². The molecule has 0 aliphatic rings. The molecule has 2 aromatic carbocycles. The van der Waals surface area contributed by atoms with Crippen molar-refractivity contribution in [2.45, 2.75) is 6.36 Å². The first-order valence-electron chi connectivity index (χ1n) is 5.47. The highest BCUT2D eigenvalue weighted by Gasteiger charge is 2.31. The van der Waals surface area contributed by atoms with Crippen molar-refractivity contribution in [1.29, 1.82) is 0 Å². The number of hydrogen-bond donors (Lipinski definition) is 0. The van der Waals surface area contributed by atoms with Gasteiger partial charge in [-0.05, 0) is 24.3 Å². The number of benzene rings is 2. The maximum absolute atomic E-state index is 12.1. The number of hydrogen-bond acceptors (Lipinski definition) is 2. The van der Waals surface area contributed by atoms with Gasteiger partial charge in [0.15, 0.2) is 5.69 Å². The molecule has 3 nitrogen and oxygen atoms in total. The molecule has 6 heteroatoms. The third kappa shape index (κ3) is 3.92. The van der Waals surface area contributed by atoms with E-state index in [0.29, 0.717) is 11.4 Å². The van der Waals surface area contributed by atoms with Gasteiger partial charge in [0.25, 0.3) is 0 Å². The molecule has 0 N–H and O–H groups in total. The molecule has 0 radical (unpaired) electrons. The Kier molecular flexibility index (Phi) is 3.80. The van der Waals surface area contributed by atoms with Crippen molar-refractivity contribution in [2.24, 2.45) is 0 Å². The minimum Gasteiger partial charge on any atom is -0.457 e. The van der Waals surface area contributed by atoms with E-state index in [1.165, 1.54) is 18.2 Å². The van der Waals surface area contributed by atoms with Gasteiger partial charge in [-0.2, -0.15) is 0 Å². The van der Waals surface area contributed by atoms with Crippen LogP contribution in [0.3, 0.4) is 0 Å². The average molecular weight is 279 g/mol. The first-order valence-corrected chi connectivity index (χ1v) is 5.47. The summed E-state index contributed by atoms with van der Waals surface area (Å²) in [6.45, 7) is 6.81. The van der Waals surface area contributed by atoms with Crippen LogP contribution in [0, 0.1) is 6.57 Å². The molecule has 0 amide bonds. The second kappa shape index (κ2) is 5.53. The molecule has 0 aliphatic carbocycles. The van der Waals surface area contributed by atoms with E-state index >= 15 is 0 Å². The summed E-state index contributed by atoms with van der Waals surface area (Å²) in [6, 6.07) is 11.4. The van der Waals surface area contributed by atoms with Crippen LogP contribution in [0.15, 0.2) is 48.5 Å². The predicted molar refractivity (Wildman–Crippen MR) is 65.9 cm³/mol. The van der Waals surface area contributed by atoms with Crippen molar-refractivity contribution in [1.82, 2.24) is 0 Å². The van der Waals surface area contributed by atoms with E-state index in [9.17, 15) is 13.2 Å². The number of nitrogens with zero attached hydrogens (tertiary/aromatic N) is 1. The molecule has 0 aliphatic heterocycles. The van der Waals surface area contributed by atoms with Gasteiger partial charge in [0.05, 0.1) is 6.57 Å². The third-order valence-electron chi connectivity index (χ3n) is 2.24. The Balaban J connectivity index is 2.13. The van der Waals surface area contributed by atoms with Gasteiger partial charge in [0.2, 0.25) is 0 Å². The lowest BCUT2D eigenvalue weighted by Gasteiger charge is -2.10. The molecule has 0 spiro atoms. The molecule has 0 aromatic heterocycles. The molecule has 0 heterocycles.